The van der Waals surface area contributed by atoms with Crippen molar-refractivity contribution in [2.75, 3.05) is 13.1 Å². The molecule has 6 rings (SSSR count). The highest BCUT2D eigenvalue weighted by atomic mass is 16.5. The lowest BCUT2D eigenvalue weighted by molar-refractivity contribution is -0.00574. The summed E-state index contributed by atoms with van der Waals surface area (Å²) in [4.78, 5) is 54.6. The van der Waals surface area contributed by atoms with Crippen LogP contribution in [0.5, 0.6) is 5.75 Å². The molecule has 3 aliphatic rings. The van der Waals surface area contributed by atoms with Gasteiger partial charge >= 0.3 is 0 Å². The maximum absolute atomic E-state index is 13.3. The van der Waals surface area contributed by atoms with Crippen molar-refractivity contribution in [3.63, 3.8) is 0 Å². The summed E-state index contributed by atoms with van der Waals surface area (Å²) in [6.45, 7) is 2.85. The number of carbonyl (C=O) groups is 4. The van der Waals surface area contributed by atoms with Crippen LogP contribution in [0.3, 0.4) is 0 Å². The summed E-state index contributed by atoms with van der Waals surface area (Å²) in [6, 6.07) is 13.7. The van der Waals surface area contributed by atoms with Crippen molar-refractivity contribution in [3.8, 4) is 5.75 Å². The number of rotatable bonds is 3. The van der Waals surface area contributed by atoms with Crippen LogP contribution in [0.4, 0.5) is 0 Å². The van der Waals surface area contributed by atoms with E-state index in [-0.39, 0.29) is 29.4 Å². The van der Waals surface area contributed by atoms with Gasteiger partial charge in [-0.1, -0.05) is 11.6 Å². The van der Waals surface area contributed by atoms with E-state index in [1.165, 1.54) is 18.4 Å². The number of likely N-dealkylation sites (tertiary alicyclic amines) is 1. The van der Waals surface area contributed by atoms with Crippen molar-refractivity contribution in [1.82, 2.24) is 9.80 Å². The van der Waals surface area contributed by atoms with Crippen molar-refractivity contribution in [2.24, 2.45) is 0 Å². The molecule has 0 unspecified atom stereocenters. The highest BCUT2D eigenvalue weighted by Crippen LogP contribution is 2.40. The molecular formula is C28H24N2O6. The Labute approximate surface area is 207 Å². The van der Waals surface area contributed by atoms with Gasteiger partial charge in [0.15, 0.2) is 5.78 Å². The maximum atomic E-state index is 13.3. The molecule has 0 saturated carbocycles. The zero-order chi connectivity index (χ0) is 25.0. The number of hydrogen-bond donors (Lipinski definition) is 0. The van der Waals surface area contributed by atoms with Gasteiger partial charge in [-0.25, -0.2) is 0 Å². The van der Waals surface area contributed by atoms with Crippen LogP contribution in [0.1, 0.15) is 72.0 Å². The van der Waals surface area contributed by atoms with Gasteiger partial charge in [0.2, 0.25) is 0 Å². The Morgan fingerprint density at radius 3 is 2.47 bits per heavy atom. The predicted octanol–water partition coefficient (Wildman–Crippen LogP) is 4.02. The number of Topliss-reactive ketones (excluding diaryl/α,β-unsaturated/α-hetero) is 1. The molecule has 8 heteroatoms. The zero-order valence-electron chi connectivity index (χ0n) is 19.8. The minimum Gasteiger partial charge on any atom is -0.486 e. The maximum Gasteiger partial charge on any atom is 0.261 e. The number of hydrogen-bond acceptors (Lipinski definition) is 6. The minimum absolute atomic E-state index is 0.0399. The van der Waals surface area contributed by atoms with Crippen LogP contribution >= 0.6 is 0 Å². The van der Waals surface area contributed by atoms with E-state index in [9.17, 15) is 19.2 Å². The average Bonchev–Trinajstić information content (AvgIpc) is 3.47. The summed E-state index contributed by atoms with van der Waals surface area (Å²) < 4.78 is 11.6. The van der Waals surface area contributed by atoms with Crippen LogP contribution < -0.4 is 4.74 Å². The second kappa shape index (κ2) is 8.19. The summed E-state index contributed by atoms with van der Waals surface area (Å²) >= 11 is 0. The number of benzene rings is 2. The van der Waals surface area contributed by atoms with Gasteiger partial charge in [-0.3, -0.25) is 24.1 Å². The molecule has 4 heterocycles. The van der Waals surface area contributed by atoms with Crippen LogP contribution in [-0.4, -0.2) is 52.0 Å². The topological polar surface area (TPSA) is 97.1 Å². The van der Waals surface area contributed by atoms with Gasteiger partial charge in [-0.05, 0) is 49.4 Å². The molecule has 0 bridgehead atoms. The molecule has 1 fully saturated rings. The van der Waals surface area contributed by atoms with Gasteiger partial charge in [0, 0.05) is 31.5 Å². The average molecular weight is 485 g/mol. The smallest absolute Gasteiger partial charge is 0.261 e. The summed E-state index contributed by atoms with van der Waals surface area (Å²) in [7, 11) is 0. The van der Waals surface area contributed by atoms with Crippen molar-refractivity contribution in [3.05, 3.63) is 88.4 Å². The SMILES string of the molecule is Cc1ccc2c(c1)C(=O)CC1(CCN(C(=O)c3ccc4c(c3)C(=O)N(Cc3ccco3)C4=O)CC1)O2. The van der Waals surface area contributed by atoms with E-state index < -0.39 is 17.4 Å². The number of amides is 3. The lowest BCUT2D eigenvalue weighted by atomic mass is 9.82. The van der Waals surface area contributed by atoms with Gasteiger partial charge in [0.25, 0.3) is 17.7 Å². The van der Waals surface area contributed by atoms with Crippen molar-refractivity contribution >= 4 is 23.5 Å². The minimum atomic E-state index is -0.608. The molecule has 0 aliphatic carbocycles. The first kappa shape index (κ1) is 22.3. The van der Waals surface area contributed by atoms with Crippen LogP contribution in [0.15, 0.2) is 59.2 Å². The lowest BCUT2D eigenvalue weighted by Gasteiger charge is -2.44. The molecule has 2 aromatic carbocycles. The summed E-state index contributed by atoms with van der Waals surface area (Å²) in [5, 5.41) is 0. The fourth-order valence-electron chi connectivity index (χ4n) is 5.31. The normalized spacial score (nSPS) is 18.3. The van der Waals surface area contributed by atoms with Gasteiger partial charge in [-0.2, -0.15) is 0 Å². The van der Waals surface area contributed by atoms with E-state index in [1.54, 1.807) is 23.1 Å². The Hall–Kier alpha value is -4.20. The monoisotopic (exact) mass is 484 g/mol. The molecule has 182 valence electrons. The molecule has 36 heavy (non-hydrogen) atoms. The van der Waals surface area contributed by atoms with E-state index in [1.807, 2.05) is 25.1 Å². The fourth-order valence-corrected chi connectivity index (χ4v) is 5.31. The molecule has 3 aliphatic heterocycles. The third kappa shape index (κ3) is 3.61. The summed E-state index contributed by atoms with van der Waals surface area (Å²) in [5.41, 5.74) is 1.89. The number of imide groups is 1. The van der Waals surface area contributed by atoms with Gasteiger partial charge < -0.3 is 14.1 Å². The first-order valence-corrected chi connectivity index (χ1v) is 12.0. The van der Waals surface area contributed by atoms with Crippen LogP contribution in [0.25, 0.3) is 0 Å². The van der Waals surface area contributed by atoms with Crippen molar-refractivity contribution in [2.45, 2.75) is 38.3 Å². The number of fused-ring (bicyclic) bond motifs is 2. The van der Waals surface area contributed by atoms with E-state index in [0.717, 1.165) is 10.5 Å². The summed E-state index contributed by atoms with van der Waals surface area (Å²) in [6.07, 6.45) is 2.86. The standard InChI is InChI=1S/C28H24N2O6/c1-17-4-7-24-22(13-17)23(31)15-28(36-24)8-10-29(11-9-28)25(32)18-5-6-20-21(14-18)27(34)30(26(20)33)16-19-3-2-12-35-19/h2-7,12-14H,8-11,15-16H2,1H3. The Morgan fingerprint density at radius 2 is 1.72 bits per heavy atom. The number of nitrogens with zero attached hydrogens (tertiary/aromatic N) is 2. The number of piperidine rings is 1. The number of furan rings is 1. The third-order valence-corrected chi connectivity index (χ3v) is 7.32. The largest absolute Gasteiger partial charge is 0.486 e. The first-order chi connectivity index (χ1) is 17.3. The predicted molar refractivity (Wildman–Crippen MR) is 128 cm³/mol. The Kier molecular flexibility index (Phi) is 5.07. The highest BCUT2D eigenvalue weighted by Gasteiger charge is 2.44. The van der Waals surface area contributed by atoms with Crippen molar-refractivity contribution in [1.29, 1.82) is 0 Å². The molecular weight excluding hydrogens is 460 g/mol. The molecule has 0 N–H and O–H groups in total. The number of aryl methyl sites for hydroxylation is 1. The Morgan fingerprint density at radius 1 is 0.944 bits per heavy atom. The molecule has 1 aromatic heterocycles. The van der Waals surface area contributed by atoms with Gasteiger partial charge in [0.05, 0.1) is 35.9 Å². The molecule has 3 aromatic rings. The van der Waals surface area contributed by atoms with Crippen LogP contribution in [0.2, 0.25) is 0 Å². The van der Waals surface area contributed by atoms with E-state index in [0.29, 0.717) is 55.0 Å². The molecule has 3 amide bonds. The second-order valence-corrected chi connectivity index (χ2v) is 9.71. The molecule has 0 radical (unpaired) electrons. The van der Waals surface area contributed by atoms with Crippen LogP contribution in [0, 0.1) is 6.92 Å². The van der Waals surface area contributed by atoms with E-state index in [4.69, 9.17) is 9.15 Å². The molecule has 1 saturated heterocycles. The highest BCUT2D eigenvalue weighted by molar-refractivity contribution is 6.22. The summed E-state index contributed by atoms with van der Waals surface area (Å²) in [5.74, 6) is 0.125. The second-order valence-electron chi connectivity index (χ2n) is 9.71. The molecule has 0 atom stereocenters. The Bertz CT molecular complexity index is 1420. The third-order valence-electron chi connectivity index (χ3n) is 7.32. The number of ketones is 1. The fraction of sp³-hybridized carbons (Fsp3) is 0.286. The van der Waals surface area contributed by atoms with E-state index >= 15 is 0 Å². The zero-order valence-corrected chi connectivity index (χ0v) is 19.8. The van der Waals surface area contributed by atoms with Crippen LogP contribution in [-0.2, 0) is 6.54 Å². The lowest BCUT2D eigenvalue weighted by Crippen LogP contribution is -2.52. The molecule has 8 nitrogen and oxygen atoms in total. The number of carbonyl (C=O) groups excluding carboxylic acids is 4. The van der Waals surface area contributed by atoms with E-state index in [2.05, 4.69) is 0 Å². The quantitative estimate of drug-likeness (QED) is 0.521. The first-order valence-electron chi connectivity index (χ1n) is 12.0. The van der Waals surface area contributed by atoms with Crippen molar-refractivity contribution < 1.29 is 28.3 Å². The van der Waals surface area contributed by atoms with Gasteiger partial charge in [0.1, 0.15) is 17.1 Å². The van der Waals surface area contributed by atoms with Gasteiger partial charge in [-0.15, -0.1) is 0 Å². The molecule has 1 spiro atoms. The number of ether oxygens (including phenoxy) is 1. The Balaban J connectivity index is 1.16.